The Morgan fingerprint density at radius 1 is 1.63 bits per heavy atom. The number of aromatic nitrogens is 1. The molecule has 7 nitrogen and oxygen atoms in total. The molecule has 0 aromatic carbocycles. The summed E-state index contributed by atoms with van der Waals surface area (Å²) in [4.78, 5) is 11.0. The number of sulfonamides is 1. The van der Waals surface area contributed by atoms with Crippen molar-refractivity contribution >= 4 is 16.0 Å². The van der Waals surface area contributed by atoms with E-state index < -0.39 is 22.0 Å². The first-order valence-corrected chi connectivity index (χ1v) is 7.58. The van der Waals surface area contributed by atoms with Crippen LogP contribution >= 0.6 is 0 Å². The Morgan fingerprint density at radius 2 is 2.26 bits per heavy atom. The number of hydrogen-bond acceptors (Lipinski definition) is 5. The highest BCUT2D eigenvalue weighted by Crippen LogP contribution is 2.32. The molecule has 1 heterocycles. The van der Waals surface area contributed by atoms with Crippen LogP contribution in [0.2, 0.25) is 0 Å². The number of aliphatic carboxylic acids is 1. The van der Waals surface area contributed by atoms with Gasteiger partial charge < -0.3 is 9.63 Å². The minimum atomic E-state index is -3.72. The fourth-order valence-electron chi connectivity index (χ4n) is 1.96. The Bertz CT molecular complexity index is 576. The van der Waals surface area contributed by atoms with Crippen molar-refractivity contribution in [2.24, 2.45) is 0 Å². The average Bonchev–Trinajstić information content (AvgIpc) is 3.02. The summed E-state index contributed by atoms with van der Waals surface area (Å²) in [5.74, 6) is -1.29. The number of hydrogen-bond donors (Lipinski definition) is 1. The Morgan fingerprint density at radius 3 is 2.68 bits per heavy atom. The molecule has 106 valence electrons. The van der Waals surface area contributed by atoms with E-state index in [0.29, 0.717) is 18.5 Å². The Balaban J connectivity index is 2.22. The van der Waals surface area contributed by atoms with Crippen molar-refractivity contribution in [1.82, 2.24) is 9.46 Å². The van der Waals surface area contributed by atoms with Gasteiger partial charge in [0.1, 0.15) is 11.8 Å². The van der Waals surface area contributed by atoms with Crippen LogP contribution in [-0.2, 0) is 20.6 Å². The summed E-state index contributed by atoms with van der Waals surface area (Å²) in [7, 11) is -3.72. The van der Waals surface area contributed by atoms with Crippen LogP contribution < -0.4 is 0 Å². The lowest BCUT2D eigenvalue weighted by Crippen LogP contribution is -2.45. The second kappa shape index (κ2) is 4.93. The van der Waals surface area contributed by atoms with Crippen LogP contribution in [0, 0.1) is 6.92 Å². The maximum absolute atomic E-state index is 12.3. The molecular formula is C11H16N2O5S. The molecule has 1 fully saturated rings. The normalized spacial score (nSPS) is 17.6. The summed E-state index contributed by atoms with van der Waals surface area (Å²) in [5.41, 5.74) is 0.592. The molecule has 1 N–H and O–H groups in total. The molecule has 0 aliphatic heterocycles. The summed E-state index contributed by atoms with van der Waals surface area (Å²) in [6.45, 7) is 3.07. The highest BCUT2D eigenvalue weighted by Gasteiger charge is 2.43. The topological polar surface area (TPSA) is 101 Å². The van der Waals surface area contributed by atoms with Crippen molar-refractivity contribution in [3.05, 3.63) is 17.5 Å². The molecule has 1 aromatic heterocycles. The molecule has 1 atom stereocenters. The lowest BCUT2D eigenvalue weighted by molar-refractivity contribution is -0.141. The van der Waals surface area contributed by atoms with Gasteiger partial charge in [-0.1, -0.05) is 5.16 Å². The second-order valence-electron chi connectivity index (χ2n) is 4.77. The minimum absolute atomic E-state index is 0.208. The molecule has 8 heteroatoms. The van der Waals surface area contributed by atoms with E-state index in [0.717, 1.165) is 4.31 Å². The molecule has 1 saturated carbocycles. The number of carboxylic acid groups (broad SMARTS) is 1. The van der Waals surface area contributed by atoms with Crippen LogP contribution in [0.1, 0.15) is 31.2 Å². The highest BCUT2D eigenvalue weighted by atomic mass is 32.2. The van der Waals surface area contributed by atoms with Gasteiger partial charge in [-0.05, 0) is 26.7 Å². The molecule has 1 aromatic rings. The first kappa shape index (κ1) is 14.0. The Labute approximate surface area is 111 Å². The van der Waals surface area contributed by atoms with Gasteiger partial charge in [0.25, 0.3) is 0 Å². The molecule has 1 aliphatic rings. The molecule has 19 heavy (non-hydrogen) atoms. The Kier molecular flexibility index (Phi) is 3.64. The summed E-state index contributed by atoms with van der Waals surface area (Å²) < 4.78 is 30.6. The molecule has 1 aliphatic carbocycles. The molecular weight excluding hydrogens is 272 g/mol. The van der Waals surface area contributed by atoms with Crippen molar-refractivity contribution in [2.75, 3.05) is 0 Å². The van der Waals surface area contributed by atoms with Gasteiger partial charge in [0.15, 0.2) is 5.76 Å². The van der Waals surface area contributed by atoms with Crippen molar-refractivity contribution in [1.29, 1.82) is 0 Å². The molecule has 0 saturated heterocycles. The number of rotatable bonds is 6. The quantitative estimate of drug-likeness (QED) is 0.829. The number of carbonyl (C=O) groups is 1. The smallest absolute Gasteiger partial charge is 0.321 e. The van der Waals surface area contributed by atoms with E-state index in [1.54, 1.807) is 6.92 Å². The van der Waals surface area contributed by atoms with E-state index >= 15 is 0 Å². The molecule has 1 unspecified atom stereocenters. The lowest BCUT2D eigenvalue weighted by atomic mass is 10.3. The van der Waals surface area contributed by atoms with Crippen LogP contribution in [0.3, 0.4) is 0 Å². The second-order valence-corrected chi connectivity index (χ2v) is 6.64. The predicted molar refractivity (Wildman–Crippen MR) is 65.8 cm³/mol. The number of carboxylic acids is 1. The third-order valence-corrected chi connectivity index (χ3v) is 4.87. The summed E-state index contributed by atoms with van der Waals surface area (Å²) in [5, 5.41) is 12.6. The van der Waals surface area contributed by atoms with Crippen molar-refractivity contribution < 1.29 is 22.8 Å². The van der Waals surface area contributed by atoms with E-state index in [1.165, 1.54) is 13.0 Å². The summed E-state index contributed by atoms with van der Waals surface area (Å²) >= 11 is 0. The fourth-order valence-corrected chi connectivity index (χ4v) is 3.84. The molecule has 0 radical (unpaired) electrons. The van der Waals surface area contributed by atoms with Crippen LogP contribution in [0.15, 0.2) is 10.6 Å². The third-order valence-electron chi connectivity index (χ3n) is 2.97. The summed E-state index contributed by atoms with van der Waals surface area (Å²) in [6.07, 6.45) is 1.40. The maximum atomic E-state index is 12.3. The van der Waals surface area contributed by atoms with E-state index in [4.69, 9.17) is 9.63 Å². The lowest BCUT2D eigenvalue weighted by Gasteiger charge is -2.24. The van der Waals surface area contributed by atoms with Crippen LogP contribution in [-0.4, -0.2) is 41.0 Å². The van der Waals surface area contributed by atoms with Crippen LogP contribution in [0.25, 0.3) is 0 Å². The van der Waals surface area contributed by atoms with Gasteiger partial charge in [-0.3, -0.25) is 4.79 Å². The molecule has 2 rings (SSSR count). The number of aryl methyl sites for hydroxylation is 1. The SMILES string of the molecule is Cc1cc(CS(=O)(=O)N(C2CC2)C(C)C(=O)O)on1. The van der Waals surface area contributed by atoms with Gasteiger partial charge in [-0.2, -0.15) is 4.31 Å². The zero-order chi connectivity index (χ0) is 14.2. The first-order chi connectivity index (χ1) is 8.81. The van der Waals surface area contributed by atoms with Gasteiger partial charge in [-0.15, -0.1) is 0 Å². The fraction of sp³-hybridized carbons (Fsp3) is 0.636. The molecule has 0 amide bonds. The predicted octanol–water partition coefficient (Wildman–Crippen LogP) is 0.750. The zero-order valence-corrected chi connectivity index (χ0v) is 11.6. The monoisotopic (exact) mass is 288 g/mol. The zero-order valence-electron chi connectivity index (χ0n) is 10.7. The standard InChI is InChI=1S/C11H16N2O5S/c1-7-5-10(18-12-7)6-19(16,17)13(9-3-4-9)8(2)11(14)15/h5,8-9H,3-4,6H2,1-2H3,(H,14,15). The van der Waals surface area contributed by atoms with Crippen LogP contribution in [0.4, 0.5) is 0 Å². The van der Waals surface area contributed by atoms with Gasteiger partial charge in [0.05, 0.1) is 5.69 Å². The van der Waals surface area contributed by atoms with Crippen molar-refractivity contribution in [3.8, 4) is 0 Å². The third kappa shape index (κ3) is 3.13. The van der Waals surface area contributed by atoms with E-state index in [9.17, 15) is 13.2 Å². The van der Waals surface area contributed by atoms with E-state index in [1.807, 2.05) is 0 Å². The van der Waals surface area contributed by atoms with E-state index in [-0.39, 0.29) is 17.6 Å². The van der Waals surface area contributed by atoms with Crippen molar-refractivity contribution in [3.63, 3.8) is 0 Å². The highest BCUT2D eigenvalue weighted by molar-refractivity contribution is 7.88. The molecule has 0 spiro atoms. The first-order valence-electron chi connectivity index (χ1n) is 5.97. The van der Waals surface area contributed by atoms with Crippen molar-refractivity contribution in [2.45, 2.75) is 44.5 Å². The van der Waals surface area contributed by atoms with Gasteiger partial charge >= 0.3 is 5.97 Å². The summed E-state index contributed by atoms with van der Waals surface area (Å²) in [6, 6.07) is 0.260. The van der Waals surface area contributed by atoms with Crippen LogP contribution in [0.5, 0.6) is 0 Å². The molecule has 0 bridgehead atoms. The maximum Gasteiger partial charge on any atom is 0.321 e. The van der Waals surface area contributed by atoms with E-state index in [2.05, 4.69) is 5.16 Å². The van der Waals surface area contributed by atoms with Gasteiger partial charge in [0.2, 0.25) is 10.0 Å². The average molecular weight is 288 g/mol. The Hall–Kier alpha value is -1.41. The minimum Gasteiger partial charge on any atom is -0.480 e. The largest absolute Gasteiger partial charge is 0.480 e. The van der Waals surface area contributed by atoms with Gasteiger partial charge in [0, 0.05) is 12.1 Å². The number of nitrogens with zero attached hydrogens (tertiary/aromatic N) is 2. The van der Waals surface area contributed by atoms with Gasteiger partial charge in [-0.25, -0.2) is 8.42 Å².